The largest absolute Gasteiger partial charge is 0.456 e. The van der Waals surface area contributed by atoms with E-state index < -0.39 is 5.97 Å². The number of carbonyl (C=O) groups excluding carboxylic acids is 1. The number of aromatic nitrogens is 5. The van der Waals surface area contributed by atoms with Crippen molar-refractivity contribution in [2.75, 3.05) is 0 Å². The molecule has 3 heterocycles. The minimum atomic E-state index is -0.441. The number of halogens is 1. The van der Waals surface area contributed by atoms with E-state index in [2.05, 4.69) is 42.3 Å². The second-order valence-electron chi connectivity index (χ2n) is 7.25. The average molecular weight is 488 g/mol. The second-order valence-corrected chi connectivity index (χ2v) is 8.17. The lowest BCUT2D eigenvalue weighted by Gasteiger charge is -2.02. The van der Waals surface area contributed by atoms with Crippen molar-refractivity contribution in [2.24, 2.45) is 0 Å². The summed E-state index contributed by atoms with van der Waals surface area (Å²) >= 11 is 3.40. The molecule has 32 heavy (non-hydrogen) atoms. The van der Waals surface area contributed by atoms with Crippen molar-refractivity contribution < 1.29 is 9.53 Å². The molecule has 158 valence electrons. The number of nitrogens with one attached hydrogen (secondary N) is 1. The van der Waals surface area contributed by atoms with Crippen LogP contribution in [0.5, 0.6) is 0 Å². The standard InChI is InChI=1S/C24H18BrN5O2/c25-17-5-3-4-16(12-17)8-9-23(31)32-15-18-13-30(29-28-18)14-22-24-20(10-11-26-22)19-6-1-2-7-21(19)27-24/h1-13,27H,14-15H2/b9-8+. The van der Waals surface area contributed by atoms with E-state index in [4.69, 9.17) is 4.74 Å². The van der Waals surface area contributed by atoms with Crippen LogP contribution in [0.3, 0.4) is 0 Å². The normalized spacial score (nSPS) is 11.5. The fourth-order valence-corrected chi connectivity index (χ4v) is 3.97. The predicted octanol–water partition coefficient (Wildman–Crippen LogP) is 4.88. The van der Waals surface area contributed by atoms with Crippen LogP contribution in [0.15, 0.2) is 77.5 Å². The molecule has 8 heteroatoms. The quantitative estimate of drug-likeness (QED) is 0.272. The first-order valence-electron chi connectivity index (χ1n) is 9.99. The monoisotopic (exact) mass is 487 g/mol. The summed E-state index contributed by atoms with van der Waals surface area (Å²) in [7, 11) is 0. The van der Waals surface area contributed by atoms with Gasteiger partial charge in [-0.2, -0.15) is 0 Å². The summed E-state index contributed by atoms with van der Waals surface area (Å²) < 4.78 is 7.91. The SMILES string of the molecule is O=C(/C=C/c1cccc(Br)c1)OCc1cn(Cc2nccc3c2[nH]c2ccccc23)nn1. The van der Waals surface area contributed by atoms with Crippen molar-refractivity contribution in [1.82, 2.24) is 25.0 Å². The van der Waals surface area contributed by atoms with Gasteiger partial charge in [0.05, 0.1) is 24.0 Å². The van der Waals surface area contributed by atoms with E-state index in [0.717, 1.165) is 37.5 Å². The van der Waals surface area contributed by atoms with Crippen LogP contribution in [-0.2, 0) is 22.7 Å². The van der Waals surface area contributed by atoms with Crippen molar-refractivity contribution in [3.8, 4) is 0 Å². The van der Waals surface area contributed by atoms with Crippen molar-refractivity contribution in [3.63, 3.8) is 0 Å². The molecule has 0 amide bonds. The highest BCUT2D eigenvalue weighted by Gasteiger charge is 2.11. The van der Waals surface area contributed by atoms with E-state index in [-0.39, 0.29) is 6.61 Å². The number of para-hydroxylation sites is 1. The highest BCUT2D eigenvalue weighted by atomic mass is 79.9. The number of esters is 1. The first-order valence-corrected chi connectivity index (χ1v) is 10.8. The van der Waals surface area contributed by atoms with Gasteiger partial charge in [-0.1, -0.05) is 51.5 Å². The third-order valence-electron chi connectivity index (χ3n) is 5.03. The van der Waals surface area contributed by atoms with Crippen LogP contribution >= 0.6 is 15.9 Å². The van der Waals surface area contributed by atoms with Gasteiger partial charge in [0.25, 0.3) is 0 Å². The lowest BCUT2D eigenvalue weighted by atomic mass is 10.1. The van der Waals surface area contributed by atoms with Crippen LogP contribution in [0.2, 0.25) is 0 Å². The van der Waals surface area contributed by atoms with E-state index in [1.54, 1.807) is 23.2 Å². The zero-order chi connectivity index (χ0) is 21.9. The Bertz CT molecular complexity index is 1450. The minimum Gasteiger partial charge on any atom is -0.456 e. The van der Waals surface area contributed by atoms with E-state index in [1.165, 1.54) is 6.08 Å². The molecule has 5 rings (SSSR count). The fourth-order valence-electron chi connectivity index (χ4n) is 3.55. The van der Waals surface area contributed by atoms with Crippen molar-refractivity contribution in [2.45, 2.75) is 13.2 Å². The number of H-pyrrole nitrogens is 1. The molecule has 0 unspecified atom stereocenters. The third kappa shape index (κ3) is 4.31. The maximum atomic E-state index is 12.0. The van der Waals surface area contributed by atoms with Gasteiger partial charge >= 0.3 is 5.97 Å². The van der Waals surface area contributed by atoms with E-state index in [0.29, 0.717) is 12.2 Å². The molecular formula is C24H18BrN5O2. The number of carbonyl (C=O) groups is 1. The zero-order valence-corrected chi connectivity index (χ0v) is 18.5. The smallest absolute Gasteiger partial charge is 0.331 e. The molecule has 0 aliphatic carbocycles. The highest BCUT2D eigenvalue weighted by Crippen LogP contribution is 2.26. The summed E-state index contributed by atoms with van der Waals surface area (Å²) in [6.07, 6.45) is 6.66. The van der Waals surface area contributed by atoms with Crippen LogP contribution in [0.25, 0.3) is 27.9 Å². The Hall–Kier alpha value is -3.78. The fraction of sp³-hybridized carbons (Fsp3) is 0.0833. The maximum absolute atomic E-state index is 12.0. The van der Waals surface area contributed by atoms with E-state index >= 15 is 0 Å². The summed E-state index contributed by atoms with van der Waals surface area (Å²) in [5, 5.41) is 10.5. The third-order valence-corrected chi connectivity index (χ3v) is 5.52. The molecular weight excluding hydrogens is 470 g/mol. The van der Waals surface area contributed by atoms with Crippen LogP contribution < -0.4 is 0 Å². The Balaban J connectivity index is 1.25. The molecule has 0 saturated heterocycles. The number of nitrogens with zero attached hydrogens (tertiary/aromatic N) is 4. The lowest BCUT2D eigenvalue weighted by Crippen LogP contribution is -2.03. The molecule has 1 N–H and O–H groups in total. The Morgan fingerprint density at radius 2 is 2.03 bits per heavy atom. The van der Waals surface area contributed by atoms with Gasteiger partial charge in [0, 0.05) is 33.0 Å². The topological polar surface area (TPSA) is 85.7 Å². The number of ether oxygens (including phenoxy) is 1. The number of aromatic amines is 1. The Morgan fingerprint density at radius 3 is 2.94 bits per heavy atom. The maximum Gasteiger partial charge on any atom is 0.331 e. The first kappa shape index (κ1) is 20.1. The van der Waals surface area contributed by atoms with Crippen molar-refractivity contribution in [3.05, 3.63) is 94.5 Å². The molecule has 0 fully saturated rings. The first-order chi connectivity index (χ1) is 15.7. The summed E-state index contributed by atoms with van der Waals surface area (Å²) in [6, 6.07) is 17.8. The van der Waals surface area contributed by atoms with Crippen LogP contribution in [-0.4, -0.2) is 30.9 Å². The summed E-state index contributed by atoms with van der Waals surface area (Å²) in [5.41, 5.74) is 4.39. The molecule has 0 spiro atoms. The van der Waals surface area contributed by atoms with Crippen LogP contribution in [0.1, 0.15) is 17.0 Å². The molecule has 5 aromatic rings. The Labute approximate surface area is 191 Å². The zero-order valence-electron chi connectivity index (χ0n) is 16.9. The molecule has 2 aromatic carbocycles. The molecule has 0 aliphatic rings. The molecule has 3 aromatic heterocycles. The van der Waals surface area contributed by atoms with Gasteiger partial charge in [0.1, 0.15) is 12.3 Å². The van der Waals surface area contributed by atoms with Gasteiger partial charge in [0.2, 0.25) is 0 Å². The number of fused-ring (bicyclic) bond motifs is 3. The van der Waals surface area contributed by atoms with Gasteiger partial charge in [-0.3, -0.25) is 4.98 Å². The molecule has 0 bridgehead atoms. The number of rotatable bonds is 6. The van der Waals surface area contributed by atoms with Crippen molar-refractivity contribution >= 4 is 49.8 Å². The molecule has 7 nitrogen and oxygen atoms in total. The van der Waals surface area contributed by atoms with E-state index in [1.807, 2.05) is 48.5 Å². The van der Waals surface area contributed by atoms with Gasteiger partial charge < -0.3 is 9.72 Å². The molecule has 0 atom stereocenters. The summed E-state index contributed by atoms with van der Waals surface area (Å²) in [6.45, 7) is 0.500. The van der Waals surface area contributed by atoms with E-state index in [9.17, 15) is 4.79 Å². The average Bonchev–Trinajstić information content (AvgIpc) is 3.41. The van der Waals surface area contributed by atoms with Crippen LogP contribution in [0, 0.1) is 0 Å². The molecule has 0 saturated carbocycles. The van der Waals surface area contributed by atoms with Gasteiger partial charge in [-0.05, 0) is 35.9 Å². The number of hydrogen-bond donors (Lipinski definition) is 1. The number of hydrogen-bond acceptors (Lipinski definition) is 5. The van der Waals surface area contributed by atoms with Gasteiger partial charge in [-0.25, -0.2) is 9.48 Å². The number of benzene rings is 2. The summed E-state index contributed by atoms with van der Waals surface area (Å²) in [4.78, 5) is 20.0. The molecule has 0 aliphatic heterocycles. The second kappa shape index (κ2) is 8.76. The minimum absolute atomic E-state index is 0.0473. The molecule has 0 radical (unpaired) electrons. The number of pyridine rings is 1. The van der Waals surface area contributed by atoms with Crippen molar-refractivity contribution in [1.29, 1.82) is 0 Å². The van der Waals surface area contributed by atoms with Gasteiger partial charge in [-0.15, -0.1) is 5.10 Å². The predicted molar refractivity (Wildman–Crippen MR) is 126 cm³/mol. The Morgan fingerprint density at radius 1 is 1.12 bits per heavy atom. The Kier molecular flexibility index (Phi) is 5.51. The van der Waals surface area contributed by atoms with Gasteiger partial charge in [0.15, 0.2) is 0 Å². The van der Waals surface area contributed by atoms with Crippen LogP contribution in [0.4, 0.5) is 0 Å². The lowest BCUT2D eigenvalue weighted by molar-refractivity contribution is -0.139. The summed E-state index contributed by atoms with van der Waals surface area (Å²) in [5.74, 6) is -0.441. The highest BCUT2D eigenvalue weighted by molar-refractivity contribution is 9.10.